The SMILES string of the molecule is CC(C)CN1CCC(S(=O)c2ccc(CNC(=O)c3ccc4[nH]ccc4c3)nc2)CC1. The molecule has 7 heteroatoms. The second kappa shape index (κ2) is 9.75. The van der Waals surface area contributed by atoms with E-state index < -0.39 is 10.8 Å². The van der Waals surface area contributed by atoms with E-state index in [1.807, 2.05) is 36.5 Å². The Balaban J connectivity index is 1.30. The molecule has 1 aliphatic rings. The Hall–Kier alpha value is -2.51. The van der Waals surface area contributed by atoms with E-state index in [0.29, 0.717) is 18.0 Å². The number of benzene rings is 1. The highest BCUT2D eigenvalue weighted by Gasteiger charge is 2.25. The molecule has 0 aliphatic carbocycles. The highest BCUT2D eigenvalue weighted by Crippen LogP contribution is 2.21. The molecule has 31 heavy (non-hydrogen) atoms. The Bertz CT molecular complexity index is 1050. The number of carbonyl (C=O) groups is 1. The van der Waals surface area contributed by atoms with Crippen molar-refractivity contribution < 1.29 is 9.00 Å². The van der Waals surface area contributed by atoms with Gasteiger partial charge in [0, 0.05) is 40.7 Å². The number of carbonyl (C=O) groups excluding carboxylic acids is 1. The van der Waals surface area contributed by atoms with Gasteiger partial charge in [-0.3, -0.25) is 14.0 Å². The Morgan fingerprint density at radius 1 is 1.23 bits per heavy atom. The van der Waals surface area contributed by atoms with Gasteiger partial charge in [-0.1, -0.05) is 13.8 Å². The van der Waals surface area contributed by atoms with Crippen molar-refractivity contribution in [3.8, 4) is 0 Å². The van der Waals surface area contributed by atoms with Gasteiger partial charge in [-0.25, -0.2) is 0 Å². The standard InChI is InChI=1S/C24H30N4O2S/c1-17(2)16-28-11-8-21(9-12-28)31(30)22-5-4-20(26-15-22)14-27-24(29)19-3-6-23-18(13-19)7-10-25-23/h3-7,10,13,15,17,21,25H,8-9,11-12,14,16H2,1-2H3,(H,27,29). The summed E-state index contributed by atoms with van der Waals surface area (Å²) in [7, 11) is -1.04. The first-order valence-electron chi connectivity index (χ1n) is 10.9. The van der Waals surface area contributed by atoms with Gasteiger partial charge in [0.15, 0.2) is 0 Å². The van der Waals surface area contributed by atoms with Crippen molar-refractivity contribution >= 4 is 27.6 Å². The van der Waals surface area contributed by atoms with Gasteiger partial charge in [0.2, 0.25) is 0 Å². The van der Waals surface area contributed by atoms with Gasteiger partial charge in [-0.2, -0.15) is 0 Å². The highest BCUT2D eigenvalue weighted by atomic mass is 32.2. The van der Waals surface area contributed by atoms with E-state index in [4.69, 9.17) is 0 Å². The van der Waals surface area contributed by atoms with E-state index in [0.717, 1.165) is 54.0 Å². The van der Waals surface area contributed by atoms with Crippen molar-refractivity contribution in [2.24, 2.45) is 5.92 Å². The van der Waals surface area contributed by atoms with E-state index in [1.165, 1.54) is 0 Å². The van der Waals surface area contributed by atoms with Crippen molar-refractivity contribution in [1.29, 1.82) is 0 Å². The molecule has 1 aliphatic heterocycles. The summed E-state index contributed by atoms with van der Waals surface area (Å²) in [5.41, 5.74) is 2.38. The number of amides is 1. The third-order valence-electron chi connectivity index (χ3n) is 5.74. The average Bonchev–Trinajstić information content (AvgIpc) is 3.25. The number of piperidine rings is 1. The Labute approximate surface area is 185 Å². The monoisotopic (exact) mass is 438 g/mol. The van der Waals surface area contributed by atoms with Crippen LogP contribution in [0.5, 0.6) is 0 Å². The minimum atomic E-state index is -1.04. The lowest BCUT2D eigenvalue weighted by molar-refractivity contribution is 0.0950. The van der Waals surface area contributed by atoms with Crippen LogP contribution in [0.15, 0.2) is 53.7 Å². The van der Waals surface area contributed by atoms with E-state index in [2.05, 4.69) is 34.0 Å². The molecule has 1 saturated heterocycles. The topological polar surface area (TPSA) is 78.1 Å². The van der Waals surface area contributed by atoms with Gasteiger partial charge in [0.1, 0.15) is 0 Å². The molecule has 1 aromatic carbocycles. The number of likely N-dealkylation sites (tertiary alicyclic amines) is 1. The van der Waals surface area contributed by atoms with E-state index in [1.54, 1.807) is 12.3 Å². The number of pyridine rings is 1. The van der Waals surface area contributed by atoms with Crippen LogP contribution in [0, 0.1) is 5.92 Å². The van der Waals surface area contributed by atoms with Crippen molar-refractivity contribution in [2.75, 3.05) is 19.6 Å². The van der Waals surface area contributed by atoms with Gasteiger partial charge in [-0.15, -0.1) is 0 Å². The van der Waals surface area contributed by atoms with E-state index in [9.17, 15) is 9.00 Å². The number of hydrogen-bond acceptors (Lipinski definition) is 4. The molecule has 1 unspecified atom stereocenters. The van der Waals surface area contributed by atoms with Crippen LogP contribution in [-0.2, 0) is 17.3 Å². The van der Waals surface area contributed by atoms with Crippen molar-refractivity contribution in [2.45, 2.75) is 43.4 Å². The summed E-state index contributed by atoms with van der Waals surface area (Å²) >= 11 is 0. The number of nitrogens with zero attached hydrogens (tertiary/aromatic N) is 2. The molecule has 4 rings (SSSR count). The third kappa shape index (κ3) is 5.40. The highest BCUT2D eigenvalue weighted by molar-refractivity contribution is 7.85. The van der Waals surface area contributed by atoms with Gasteiger partial charge in [0.05, 0.1) is 27.9 Å². The number of aromatic amines is 1. The lowest BCUT2D eigenvalue weighted by Gasteiger charge is -2.32. The quantitative estimate of drug-likeness (QED) is 0.589. The molecule has 2 aromatic heterocycles. The first-order valence-corrected chi connectivity index (χ1v) is 12.1. The number of fused-ring (bicyclic) bond motifs is 1. The fourth-order valence-corrected chi connectivity index (χ4v) is 5.50. The zero-order valence-electron chi connectivity index (χ0n) is 18.1. The second-order valence-electron chi connectivity index (χ2n) is 8.64. The van der Waals surface area contributed by atoms with Crippen LogP contribution in [0.1, 0.15) is 42.7 Å². The van der Waals surface area contributed by atoms with Crippen LogP contribution in [0.2, 0.25) is 0 Å². The zero-order chi connectivity index (χ0) is 21.8. The van der Waals surface area contributed by atoms with Crippen LogP contribution in [0.4, 0.5) is 0 Å². The molecule has 0 saturated carbocycles. The third-order valence-corrected chi connectivity index (χ3v) is 7.52. The molecular weight excluding hydrogens is 408 g/mol. The predicted octanol–water partition coefficient (Wildman–Crippen LogP) is 3.72. The molecule has 0 bridgehead atoms. The molecule has 0 spiro atoms. The average molecular weight is 439 g/mol. The van der Waals surface area contributed by atoms with Gasteiger partial charge >= 0.3 is 0 Å². The molecule has 0 radical (unpaired) electrons. The summed E-state index contributed by atoms with van der Waals surface area (Å²) in [6, 6.07) is 11.3. The molecule has 6 nitrogen and oxygen atoms in total. The van der Waals surface area contributed by atoms with Crippen molar-refractivity contribution in [1.82, 2.24) is 20.2 Å². The molecular formula is C24H30N4O2S. The Morgan fingerprint density at radius 3 is 2.74 bits per heavy atom. The van der Waals surface area contributed by atoms with Gasteiger partial charge < -0.3 is 15.2 Å². The van der Waals surface area contributed by atoms with Gasteiger partial charge in [0.25, 0.3) is 5.91 Å². The minimum absolute atomic E-state index is 0.134. The fourth-order valence-electron chi connectivity index (χ4n) is 4.12. The summed E-state index contributed by atoms with van der Waals surface area (Å²) in [5.74, 6) is 0.529. The van der Waals surface area contributed by atoms with Crippen molar-refractivity contribution in [3.63, 3.8) is 0 Å². The lowest BCUT2D eigenvalue weighted by atomic mass is 10.1. The second-order valence-corrected chi connectivity index (χ2v) is 10.4. The molecule has 164 valence electrons. The maximum Gasteiger partial charge on any atom is 0.251 e. The summed E-state index contributed by atoms with van der Waals surface area (Å²) in [5, 5.41) is 4.11. The first-order chi connectivity index (χ1) is 15.0. The zero-order valence-corrected chi connectivity index (χ0v) is 19.0. The van der Waals surface area contributed by atoms with Gasteiger partial charge in [-0.05, 0) is 68.2 Å². The molecule has 3 heterocycles. The molecule has 3 aromatic rings. The summed E-state index contributed by atoms with van der Waals surface area (Å²) < 4.78 is 13.0. The normalized spacial score (nSPS) is 16.6. The van der Waals surface area contributed by atoms with Crippen LogP contribution in [0.25, 0.3) is 10.9 Å². The van der Waals surface area contributed by atoms with Crippen molar-refractivity contribution in [3.05, 3.63) is 60.0 Å². The number of aromatic nitrogens is 2. The van der Waals surface area contributed by atoms with E-state index in [-0.39, 0.29) is 11.2 Å². The molecule has 2 N–H and O–H groups in total. The minimum Gasteiger partial charge on any atom is -0.361 e. The predicted molar refractivity (Wildman–Crippen MR) is 124 cm³/mol. The largest absolute Gasteiger partial charge is 0.361 e. The first kappa shape index (κ1) is 21.7. The smallest absolute Gasteiger partial charge is 0.251 e. The molecule has 1 fully saturated rings. The Kier molecular flexibility index (Phi) is 6.83. The number of hydrogen-bond donors (Lipinski definition) is 2. The number of H-pyrrole nitrogens is 1. The van der Waals surface area contributed by atoms with Crippen LogP contribution >= 0.6 is 0 Å². The maximum atomic E-state index is 13.0. The van der Waals surface area contributed by atoms with E-state index >= 15 is 0 Å². The summed E-state index contributed by atoms with van der Waals surface area (Å²) in [6.45, 7) is 7.95. The molecule has 1 amide bonds. The van der Waals surface area contributed by atoms with Crippen LogP contribution in [-0.4, -0.2) is 49.9 Å². The fraction of sp³-hybridized carbons (Fsp3) is 0.417. The summed E-state index contributed by atoms with van der Waals surface area (Å²) in [4.78, 5) is 23.3. The molecule has 1 atom stereocenters. The van der Waals surface area contributed by atoms with Crippen LogP contribution in [0.3, 0.4) is 0 Å². The Morgan fingerprint density at radius 2 is 2.03 bits per heavy atom. The summed E-state index contributed by atoms with van der Waals surface area (Å²) in [6.07, 6.45) is 5.48. The number of rotatable bonds is 7. The maximum absolute atomic E-state index is 13.0. The number of nitrogens with one attached hydrogen (secondary N) is 2. The van der Waals surface area contributed by atoms with Crippen LogP contribution < -0.4 is 5.32 Å². The lowest BCUT2D eigenvalue weighted by Crippen LogP contribution is -2.39.